The van der Waals surface area contributed by atoms with Crippen LogP contribution in [-0.4, -0.2) is 139 Å². The van der Waals surface area contributed by atoms with Crippen molar-refractivity contribution in [3.8, 4) is 0 Å². The van der Waals surface area contributed by atoms with Crippen molar-refractivity contribution >= 4 is 56.8 Å². The van der Waals surface area contributed by atoms with Gasteiger partial charge in [0.1, 0.15) is 18.0 Å². The van der Waals surface area contributed by atoms with Crippen LogP contribution in [0.15, 0.2) is 29.6 Å². The molecule has 5 rings (SSSR count). The van der Waals surface area contributed by atoms with Gasteiger partial charge in [0.25, 0.3) is 5.67 Å². The number of esters is 1. The quantitative estimate of drug-likeness (QED) is 0.121. The molecule has 13 atom stereocenters. The fraction of sp³-hybridized carbons (Fsp3) is 0.698. The monoisotopic (exact) mass is 863 g/mol. The van der Waals surface area contributed by atoms with Crippen molar-refractivity contribution < 1.29 is 61.9 Å². The van der Waals surface area contributed by atoms with Crippen molar-refractivity contribution in [2.75, 3.05) is 39.7 Å². The first-order valence-electron chi connectivity index (χ1n) is 20.7. The van der Waals surface area contributed by atoms with Crippen LogP contribution >= 0.6 is 11.3 Å². The summed E-state index contributed by atoms with van der Waals surface area (Å²) in [4.78, 5) is 72.4. The molecule has 60 heavy (non-hydrogen) atoms. The molecule has 0 saturated carbocycles. The number of aliphatic hydroxyl groups excluding tert-OH is 1. The summed E-state index contributed by atoms with van der Waals surface area (Å²) in [6.45, 7) is 12.1. The molecule has 1 aromatic carbocycles. The van der Waals surface area contributed by atoms with Gasteiger partial charge in [-0.05, 0) is 103 Å². The van der Waals surface area contributed by atoms with E-state index in [0.717, 1.165) is 17.0 Å². The smallest absolute Gasteiger partial charge is 0.411 e. The van der Waals surface area contributed by atoms with Crippen molar-refractivity contribution in [1.82, 2.24) is 9.80 Å². The van der Waals surface area contributed by atoms with Gasteiger partial charge in [-0.1, -0.05) is 27.7 Å². The summed E-state index contributed by atoms with van der Waals surface area (Å²) >= 11 is 1.58. The molecular weight excluding hydrogens is 802 g/mol. The molecule has 0 spiro atoms. The third-order valence-electron chi connectivity index (χ3n) is 12.7. The Balaban J connectivity index is 1.43. The van der Waals surface area contributed by atoms with Crippen molar-refractivity contribution in [1.29, 1.82) is 0 Å². The van der Waals surface area contributed by atoms with E-state index in [1.165, 1.54) is 25.9 Å². The van der Waals surface area contributed by atoms with E-state index >= 15 is 4.39 Å². The second kappa shape index (κ2) is 18.7. The first-order valence-corrected chi connectivity index (χ1v) is 21.6. The van der Waals surface area contributed by atoms with Crippen LogP contribution in [0.5, 0.6) is 0 Å². The van der Waals surface area contributed by atoms with Crippen molar-refractivity contribution in [2.45, 2.75) is 141 Å². The van der Waals surface area contributed by atoms with Gasteiger partial charge in [-0.25, -0.2) is 18.8 Å². The maximum absolute atomic E-state index is 16.9. The van der Waals surface area contributed by atoms with Crippen LogP contribution in [-0.2, 0) is 42.8 Å². The van der Waals surface area contributed by atoms with Crippen molar-refractivity contribution in [3.63, 3.8) is 0 Å². The second-order valence-electron chi connectivity index (χ2n) is 17.4. The Bertz CT molecular complexity index is 1890. The Labute approximate surface area is 355 Å². The number of Topliss-reactive ketones (excluding diaryl/α,β-unsaturated/α-hetero) is 2. The minimum absolute atomic E-state index is 0.0117. The largest absolute Gasteiger partial charge is 0.455 e. The zero-order chi connectivity index (χ0) is 44.5. The molecule has 2 aromatic rings. The Morgan fingerprint density at radius 3 is 2.43 bits per heavy atom. The third kappa shape index (κ3) is 9.50. The van der Waals surface area contributed by atoms with Gasteiger partial charge in [-0.15, -0.1) is 11.3 Å². The van der Waals surface area contributed by atoms with Gasteiger partial charge in [-0.2, -0.15) is 0 Å². The fourth-order valence-electron chi connectivity index (χ4n) is 9.31. The molecule has 3 saturated heterocycles. The summed E-state index contributed by atoms with van der Waals surface area (Å²) in [6, 6.07) is 6.02. The highest BCUT2D eigenvalue weighted by molar-refractivity contribution is 7.17. The molecule has 2 amide bonds. The number of aliphatic hydroxyl groups is 1. The van der Waals surface area contributed by atoms with Crippen LogP contribution in [0, 0.1) is 17.8 Å². The van der Waals surface area contributed by atoms with E-state index in [0.29, 0.717) is 12.1 Å². The van der Waals surface area contributed by atoms with E-state index in [1.807, 2.05) is 49.5 Å². The van der Waals surface area contributed by atoms with Gasteiger partial charge >= 0.3 is 18.2 Å². The number of fused-ring (bicyclic) bond motifs is 2. The number of cyclic esters (lactones) is 1. The first-order chi connectivity index (χ1) is 28.1. The van der Waals surface area contributed by atoms with E-state index in [1.54, 1.807) is 45.1 Å². The van der Waals surface area contributed by atoms with Crippen LogP contribution in [0.4, 0.5) is 19.7 Å². The predicted octanol–water partition coefficient (Wildman–Crippen LogP) is 6.14. The molecule has 4 heterocycles. The van der Waals surface area contributed by atoms with Crippen LogP contribution < -0.4 is 5.32 Å². The number of ether oxygens (including phenoxy) is 6. The maximum Gasteiger partial charge on any atom is 0.411 e. The number of methoxy groups -OCH3 is 1. The standard InChI is InChI=1S/C43H62FN3O12S/c1-12-31-43(8)34(47(40(53)59-43)17-13-18-55-39(52)45-28-14-15-30-27(21-28)16-19-60-30)25(4)32(48)23(2)22-41(6,54-11)36(26(5)35(50)42(7,44)38(51)57-31)58-37-33(49)29(46(9)10)20-24(3)56-37/h14-16,19,21,23-26,29,31,33-34,36-37,49H,12-13,17-18,20,22H2,1-11H3,(H,45,52)/t23-,24-,25+,26+,29+,31-,33-,34-,36-,37+,41-,42+,43-/m1/s1. The number of nitrogens with one attached hydrogen (secondary N) is 1. The molecule has 0 aliphatic carbocycles. The fourth-order valence-corrected chi connectivity index (χ4v) is 10.1. The van der Waals surface area contributed by atoms with E-state index < -0.39 is 89.2 Å². The minimum atomic E-state index is -3.21. The summed E-state index contributed by atoms with van der Waals surface area (Å²) in [5, 5.41) is 17.0. The summed E-state index contributed by atoms with van der Waals surface area (Å²) in [6.07, 6.45) is -6.30. The van der Waals surface area contributed by atoms with Gasteiger partial charge in [0.05, 0.1) is 30.5 Å². The summed E-state index contributed by atoms with van der Waals surface area (Å²) in [7, 11) is 5.00. The number of likely N-dealkylation sites (N-methyl/N-ethyl adjacent to an activating group) is 1. The zero-order valence-corrected chi connectivity index (χ0v) is 37.3. The third-order valence-corrected chi connectivity index (χ3v) is 13.6. The molecule has 15 nitrogen and oxygen atoms in total. The predicted molar refractivity (Wildman–Crippen MR) is 221 cm³/mol. The van der Waals surface area contributed by atoms with Crippen molar-refractivity contribution in [3.05, 3.63) is 29.6 Å². The number of benzene rings is 1. The van der Waals surface area contributed by atoms with E-state index in [9.17, 15) is 29.1 Å². The highest BCUT2D eigenvalue weighted by atomic mass is 32.1. The molecule has 334 valence electrons. The number of carbonyl (C=O) groups excluding carboxylic acids is 5. The van der Waals surface area contributed by atoms with Crippen LogP contribution in [0.3, 0.4) is 0 Å². The highest BCUT2D eigenvalue weighted by Gasteiger charge is 2.61. The molecule has 3 aliphatic heterocycles. The summed E-state index contributed by atoms with van der Waals surface area (Å²) < 4.78 is 53.8. The number of hydrogen-bond acceptors (Lipinski definition) is 14. The van der Waals surface area contributed by atoms with Crippen molar-refractivity contribution in [2.24, 2.45) is 17.8 Å². The molecule has 3 fully saturated rings. The van der Waals surface area contributed by atoms with Crippen LogP contribution in [0.2, 0.25) is 0 Å². The zero-order valence-electron chi connectivity index (χ0n) is 36.5. The average molecular weight is 864 g/mol. The molecule has 0 unspecified atom stereocenters. The molecular formula is C43H62FN3O12S. The Kier molecular flexibility index (Phi) is 14.7. The molecule has 2 N–H and O–H groups in total. The van der Waals surface area contributed by atoms with E-state index in [4.69, 9.17) is 28.4 Å². The average Bonchev–Trinajstić information content (AvgIpc) is 3.77. The Hall–Kier alpha value is -3.74. The maximum atomic E-state index is 16.9. The lowest BCUT2D eigenvalue weighted by Crippen LogP contribution is -2.61. The Morgan fingerprint density at radius 2 is 1.78 bits per heavy atom. The molecule has 1 aromatic heterocycles. The molecule has 17 heteroatoms. The van der Waals surface area contributed by atoms with Gasteiger partial charge in [0.15, 0.2) is 17.7 Å². The SMILES string of the molecule is CC[C@H]1OC(=O)[C@@](C)(F)C(=O)[C@H](C)[C@@H](O[C@@H]2O[C@H](C)C[C@H](N(C)C)[C@H]2O)[C@](C)(OC)C[C@@H](C)C(=O)[C@H](C)[C@H]2N(CCCOC(=O)Nc3ccc4sccc4c3)C(=O)O[C@]12C. The molecule has 0 radical (unpaired) electrons. The number of halogens is 1. The molecule has 3 aliphatic rings. The number of alkyl halides is 1. The number of rotatable bonds is 10. The lowest BCUT2D eigenvalue weighted by atomic mass is 9.73. The Morgan fingerprint density at radius 1 is 1.08 bits per heavy atom. The first kappa shape index (κ1) is 47.3. The van der Waals surface area contributed by atoms with Crippen LogP contribution in [0.1, 0.15) is 81.1 Å². The number of nitrogens with zero attached hydrogens (tertiary/aromatic N) is 2. The highest BCUT2D eigenvalue weighted by Crippen LogP contribution is 2.43. The number of hydrogen-bond donors (Lipinski definition) is 2. The number of anilines is 1. The number of amides is 2. The summed E-state index contributed by atoms with van der Waals surface area (Å²) in [5.74, 6) is -6.10. The minimum Gasteiger partial charge on any atom is -0.455 e. The normalized spacial score (nSPS) is 37.1. The van der Waals surface area contributed by atoms with Crippen LogP contribution in [0.25, 0.3) is 10.1 Å². The molecule has 0 bridgehead atoms. The number of carbonyl (C=O) groups is 5. The van der Waals surface area contributed by atoms with Gasteiger partial charge in [0.2, 0.25) is 0 Å². The van der Waals surface area contributed by atoms with Gasteiger partial charge in [-0.3, -0.25) is 14.9 Å². The van der Waals surface area contributed by atoms with Gasteiger partial charge in [0, 0.05) is 47.8 Å². The number of ketones is 2. The second-order valence-corrected chi connectivity index (χ2v) is 18.3. The van der Waals surface area contributed by atoms with E-state index in [-0.39, 0.29) is 50.3 Å². The topological polar surface area (TPSA) is 179 Å². The summed E-state index contributed by atoms with van der Waals surface area (Å²) in [5.41, 5.74) is -5.82. The lowest BCUT2D eigenvalue weighted by Gasteiger charge is -2.47. The lowest BCUT2D eigenvalue weighted by molar-refractivity contribution is -0.295. The van der Waals surface area contributed by atoms with E-state index in [2.05, 4.69) is 5.32 Å². The number of thiophene rings is 1. The van der Waals surface area contributed by atoms with Gasteiger partial charge < -0.3 is 43.3 Å².